The second-order valence-corrected chi connectivity index (χ2v) is 9.37. The molecule has 2 aliphatic carbocycles. The lowest BCUT2D eigenvalue weighted by Crippen LogP contribution is -2.60. The molecule has 1 aliphatic heterocycles. The molecule has 3 aliphatic rings. The number of halogens is 4. The standard InChI is InChI=1S/C24H27F4N7O/c1-14-4-5-18-16(9-14)19(10-21(32-18)24(26,27)28)31-15-3-2-6-23(30,11-15)33-22(36)17-13-35(8-7-25)34-20(17)12-29/h4,9-10,13,15,18,31H,2-3,5-8,11,30H2,1H3,(H,33,36)/t15-,18?,23?/m0/s1. The first kappa shape index (κ1) is 25.6. The minimum atomic E-state index is -4.57. The molecule has 1 amide bonds. The second-order valence-electron chi connectivity index (χ2n) is 9.37. The fourth-order valence-electron chi connectivity index (χ4n) is 4.84. The van der Waals surface area contributed by atoms with Crippen LogP contribution in [-0.2, 0) is 6.54 Å². The summed E-state index contributed by atoms with van der Waals surface area (Å²) in [7, 11) is 0. The number of dihydropyridines is 1. The van der Waals surface area contributed by atoms with Crippen LogP contribution in [0.25, 0.3) is 0 Å². The second kappa shape index (κ2) is 9.89. The van der Waals surface area contributed by atoms with Crippen LogP contribution >= 0.6 is 0 Å². The van der Waals surface area contributed by atoms with Crippen molar-refractivity contribution in [1.82, 2.24) is 20.4 Å². The number of hydrogen-bond acceptors (Lipinski definition) is 6. The van der Waals surface area contributed by atoms with Crippen LogP contribution in [0, 0.1) is 11.3 Å². The maximum atomic E-state index is 13.5. The van der Waals surface area contributed by atoms with Gasteiger partial charge in [-0.15, -0.1) is 0 Å². The number of nitrogens with one attached hydrogen (secondary N) is 2. The molecule has 0 saturated heterocycles. The van der Waals surface area contributed by atoms with Gasteiger partial charge in [0.25, 0.3) is 5.91 Å². The van der Waals surface area contributed by atoms with Gasteiger partial charge >= 0.3 is 6.18 Å². The fourth-order valence-corrected chi connectivity index (χ4v) is 4.84. The Balaban J connectivity index is 1.51. The van der Waals surface area contributed by atoms with E-state index in [2.05, 4.69) is 20.7 Å². The zero-order valence-electron chi connectivity index (χ0n) is 19.7. The van der Waals surface area contributed by atoms with Crippen LogP contribution in [0.15, 0.2) is 46.3 Å². The number of aromatic nitrogens is 2. The molecule has 3 atom stereocenters. The summed E-state index contributed by atoms with van der Waals surface area (Å²) in [5.74, 6) is -0.612. The molecule has 192 valence electrons. The number of nitriles is 1. The quantitative estimate of drug-likeness (QED) is 0.405. The molecule has 0 radical (unpaired) electrons. The monoisotopic (exact) mass is 505 g/mol. The molecule has 1 aromatic rings. The van der Waals surface area contributed by atoms with Crippen molar-refractivity contribution in [2.24, 2.45) is 10.7 Å². The summed E-state index contributed by atoms with van der Waals surface area (Å²) in [6.45, 7) is 1.09. The van der Waals surface area contributed by atoms with Crippen LogP contribution in [-0.4, -0.2) is 52.0 Å². The molecule has 1 aromatic heterocycles. The van der Waals surface area contributed by atoms with Crippen LogP contribution in [0.3, 0.4) is 0 Å². The Labute approximate surface area is 205 Å². The number of carbonyl (C=O) groups excluding carboxylic acids is 1. The first-order valence-electron chi connectivity index (χ1n) is 11.7. The third kappa shape index (κ3) is 5.51. The highest BCUT2D eigenvalue weighted by molar-refractivity contribution is 6.02. The van der Waals surface area contributed by atoms with Gasteiger partial charge in [-0.1, -0.05) is 17.7 Å². The molecule has 36 heavy (non-hydrogen) atoms. The van der Waals surface area contributed by atoms with Gasteiger partial charge in [-0.25, -0.2) is 4.39 Å². The maximum absolute atomic E-state index is 13.5. The summed E-state index contributed by atoms with van der Waals surface area (Å²) in [6, 6.07) is 0.903. The van der Waals surface area contributed by atoms with Gasteiger partial charge < -0.3 is 16.4 Å². The molecule has 0 spiro atoms. The van der Waals surface area contributed by atoms with Crippen molar-refractivity contribution in [2.75, 3.05) is 6.67 Å². The van der Waals surface area contributed by atoms with E-state index in [0.717, 1.165) is 11.6 Å². The Morgan fingerprint density at radius 2 is 2.17 bits per heavy atom. The molecule has 4 N–H and O–H groups in total. The number of nitrogens with zero attached hydrogens (tertiary/aromatic N) is 4. The smallest absolute Gasteiger partial charge is 0.382 e. The summed E-state index contributed by atoms with van der Waals surface area (Å²) in [5, 5.41) is 19.2. The Hall–Kier alpha value is -3.46. The molecular formula is C24H27F4N7O. The summed E-state index contributed by atoms with van der Waals surface area (Å²) in [4.78, 5) is 16.8. The molecule has 4 rings (SSSR count). The van der Waals surface area contributed by atoms with E-state index < -0.39 is 36.2 Å². The Kier molecular flexibility index (Phi) is 7.04. The van der Waals surface area contributed by atoms with Crippen molar-refractivity contribution in [3.05, 3.63) is 52.5 Å². The third-order valence-corrected chi connectivity index (χ3v) is 6.52. The molecule has 1 fully saturated rings. The van der Waals surface area contributed by atoms with Gasteiger partial charge in [0.05, 0.1) is 23.8 Å². The van der Waals surface area contributed by atoms with Crippen molar-refractivity contribution in [1.29, 1.82) is 5.26 Å². The number of amides is 1. The van der Waals surface area contributed by atoms with Crippen molar-refractivity contribution < 1.29 is 22.4 Å². The summed E-state index contributed by atoms with van der Waals surface area (Å²) < 4.78 is 54.4. The van der Waals surface area contributed by atoms with E-state index in [1.807, 2.05) is 25.1 Å². The van der Waals surface area contributed by atoms with Gasteiger partial charge in [0.1, 0.15) is 18.5 Å². The number of nitrogens with two attached hydrogens (primary N) is 1. The lowest BCUT2D eigenvalue weighted by molar-refractivity contribution is -0.0582. The van der Waals surface area contributed by atoms with Crippen molar-refractivity contribution >= 4 is 11.6 Å². The fraction of sp³-hybridized carbons (Fsp3) is 0.500. The van der Waals surface area contributed by atoms with Gasteiger partial charge in [-0.3, -0.25) is 14.5 Å². The Morgan fingerprint density at radius 1 is 1.39 bits per heavy atom. The van der Waals surface area contributed by atoms with Gasteiger partial charge in [0.15, 0.2) is 5.69 Å². The number of allylic oxidation sites excluding steroid dienone is 3. The highest BCUT2D eigenvalue weighted by Crippen LogP contribution is 2.34. The average Bonchev–Trinajstić information content (AvgIpc) is 3.22. The van der Waals surface area contributed by atoms with E-state index in [0.29, 0.717) is 37.0 Å². The lowest BCUT2D eigenvalue weighted by atomic mass is 9.84. The molecule has 2 unspecified atom stereocenters. The van der Waals surface area contributed by atoms with Gasteiger partial charge in [-0.2, -0.15) is 23.5 Å². The van der Waals surface area contributed by atoms with E-state index in [9.17, 15) is 27.6 Å². The third-order valence-electron chi connectivity index (χ3n) is 6.52. The first-order valence-corrected chi connectivity index (χ1v) is 11.7. The van der Waals surface area contributed by atoms with Gasteiger partial charge in [-0.05, 0) is 38.7 Å². The van der Waals surface area contributed by atoms with Crippen LogP contribution in [0.4, 0.5) is 17.6 Å². The maximum Gasteiger partial charge on any atom is 0.433 e. The van der Waals surface area contributed by atoms with Crippen LogP contribution in [0.5, 0.6) is 0 Å². The highest BCUT2D eigenvalue weighted by atomic mass is 19.4. The largest absolute Gasteiger partial charge is 0.433 e. The van der Waals surface area contributed by atoms with Gasteiger partial charge in [0, 0.05) is 29.9 Å². The van der Waals surface area contributed by atoms with E-state index in [4.69, 9.17) is 5.73 Å². The summed E-state index contributed by atoms with van der Waals surface area (Å²) >= 11 is 0. The van der Waals surface area contributed by atoms with E-state index in [-0.39, 0.29) is 30.3 Å². The Morgan fingerprint density at radius 3 is 2.86 bits per heavy atom. The van der Waals surface area contributed by atoms with Crippen molar-refractivity contribution in [3.8, 4) is 6.07 Å². The predicted molar refractivity (Wildman–Crippen MR) is 125 cm³/mol. The zero-order valence-corrected chi connectivity index (χ0v) is 19.7. The molecular weight excluding hydrogens is 478 g/mol. The minimum absolute atomic E-state index is 0.00987. The molecule has 8 nitrogen and oxygen atoms in total. The summed E-state index contributed by atoms with van der Waals surface area (Å²) in [6.07, 6.45) is 3.80. The molecule has 12 heteroatoms. The van der Waals surface area contributed by atoms with Crippen LogP contribution in [0.2, 0.25) is 0 Å². The van der Waals surface area contributed by atoms with Crippen LogP contribution in [0.1, 0.15) is 55.1 Å². The first-order chi connectivity index (χ1) is 17.0. The Bertz CT molecular complexity index is 1200. The minimum Gasteiger partial charge on any atom is -0.382 e. The number of aryl methyl sites for hydroxylation is 1. The van der Waals surface area contributed by atoms with Crippen LogP contribution < -0.4 is 16.4 Å². The molecule has 0 aromatic carbocycles. The molecule has 0 bridgehead atoms. The average molecular weight is 506 g/mol. The molecule has 2 heterocycles. The van der Waals surface area contributed by atoms with Crippen molar-refractivity contribution in [2.45, 2.75) is 69.5 Å². The highest BCUT2D eigenvalue weighted by Gasteiger charge is 2.40. The lowest BCUT2D eigenvalue weighted by Gasteiger charge is -2.40. The van der Waals surface area contributed by atoms with E-state index in [1.165, 1.54) is 10.9 Å². The number of hydrogen-bond donors (Lipinski definition) is 3. The van der Waals surface area contributed by atoms with Gasteiger partial charge in [0.2, 0.25) is 0 Å². The zero-order chi connectivity index (χ0) is 26.1. The number of aliphatic imine (C=N–C) groups is 1. The van der Waals surface area contributed by atoms with E-state index in [1.54, 1.807) is 0 Å². The summed E-state index contributed by atoms with van der Waals surface area (Å²) in [5.41, 5.74) is 6.27. The number of carbonyl (C=O) groups is 1. The molecule has 1 saturated carbocycles. The van der Waals surface area contributed by atoms with E-state index >= 15 is 0 Å². The number of rotatable bonds is 6. The SMILES string of the molecule is CC1=CCC2N=C(C(F)(F)F)C=C(N[C@H]3CCCC(N)(NC(=O)c4cn(CCF)nc4C#N)C3)C2=C1. The topological polar surface area (TPSA) is 121 Å². The number of fused-ring (bicyclic) bond motifs is 1. The normalized spacial score (nSPS) is 26.0. The van der Waals surface area contributed by atoms with Crippen molar-refractivity contribution in [3.63, 3.8) is 0 Å². The number of alkyl halides is 4. The predicted octanol–water partition coefficient (Wildman–Crippen LogP) is 3.19.